The molecular weight excluding hydrogens is 370 g/mol. The summed E-state index contributed by atoms with van der Waals surface area (Å²) < 4.78 is 10.8. The van der Waals surface area contributed by atoms with Crippen LogP contribution in [0.2, 0.25) is 5.02 Å². The predicted molar refractivity (Wildman–Crippen MR) is 102 cm³/mol. The molecule has 1 aliphatic rings. The molecule has 4 rings (SSSR count). The lowest BCUT2D eigenvalue weighted by Crippen LogP contribution is -2.23. The van der Waals surface area contributed by atoms with Crippen LogP contribution in [0.15, 0.2) is 30.3 Å². The maximum Gasteiger partial charge on any atom is 0.236 e. The quantitative estimate of drug-likeness (QED) is 0.574. The van der Waals surface area contributed by atoms with E-state index in [1.165, 1.54) is 0 Å². The van der Waals surface area contributed by atoms with Gasteiger partial charge in [-0.15, -0.1) is 0 Å². The Hall–Kier alpha value is -3.26. The number of nitrogens with one attached hydrogen (secondary N) is 1. The topological polar surface area (TPSA) is 125 Å². The summed E-state index contributed by atoms with van der Waals surface area (Å²) in [5, 5.41) is 3.92. The minimum absolute atomic E-state index is 0.0714. The number of rotatable bonds is 5. The zero-order chi connectivity index (χ0) is 19.0. The third-order valence-electron chi connectivity index (χ3n) is 4.16. The van der Waals surface area contributed by atoms with Gasteiger partial charge in [-0.2, -0.15) is 0 Å². The summed E-state index contributed by atoms with van der Waals surface area (Å²) in [6.07, 6.45) is 0.464. The summed E-state index contributed by atoms with van der Waals surface area (Å²) in [4.78, 5) is 20.0. The Bertz CT molecular complexity index is 1060. The van der Waals surface area contributed by atoms with E-state index in [2.05, 4.69) is 15.3 Å². The molecule has 1 aromatic heterocycles. The number of amides is 1. The highest BCUT2D eigenvalue weighted by Crippen LogP contribution is 2.35. The monoisotopic (exact) mass is 385 g/mol. The number of anilines is 2. The fraction of sp³-hybridized carbons (Fsp3) is 0.167. The second-order valence-corrected chi connectivity index (χ2v) is 6.44. The van der Waals surface area contributed by atoms with E-state index in [0.29, 0.717) is 51.2 Å². The predicted octanol–water partition coefficient (Wildman–Crippen LogP) is 2.08. The second-order valence-electron chi connectivity index (χ2n) is 6.03. The van der Waals surface area contributed by atoms with Crippen LogP contribution < -0.4 is 26.3 Å². The van der Waals surface area contributed by atoms with E-state index in [4.69, 9.17) is 32.5 Å². The highest BCUT2D eigenvalue weighted by molar-refractivity contribution is 6.34. The highest BCUT2D eigenvalue weighted by Gasteiger charge is 2.17. The third kappa shape index (κ3) is 3.39. The minimum Gasteiger partial charge on any atom is -0.454 e. The number of ether oxygens (including phenoxy) is 2. The standard InChI is InChI=1S/C18H16ClN5O3/c19-10-2-3-11-16(17(10)21)12(24-18(23-11)22-7-15(20)25)5-9-1-4-13-14(6-9)27-8-26-13/h1-4,6H,5,7-8,21H2,(H2,20,25)(H,22,23,24). The van der Waals surface area contributed by atoms with Gasteiger partial charge in [-0.05, 0) is 29.8 Å². The molecule has 2 heterocycles. The first-order chi connectivity index (χ1) is 13.0. The lowest BCUT2D eigenvalue weighted by atomic mass is 10.0. The van der Waals surface area contributed by atoms with Crippen LogP contribution in [0, 0.1) is 0 Å². The Labute approximate surface area is 159 Å². The molecule has 1 aliphatic heterocycles. The number of hydrogen-bond acceptors (Lipinski definition) is 7. The maximum absolute atomic E-state index is 11.1. The lowest BCUT2D eigenvalue weighted by molar-refractivity contribution is -0.116. The van der Waals surface area contributed by atoms with Crippen LogP contribution in [0.1, 0.15) is 11.3 Å². The van der Waals surface area contributed by atoms with E-state index in [9.17, 15) is 4.79 Å². The number of nitrogens with two attached hydrogens (primary N) is 2. The molecule has 0 unspecified atom stereocenters. The lowest BCUT2D eigenvalue weighted by Gasteiger charge is -2.12. The third-order valence-corrected chi connectivity index (χ3v) is 4.48. The number of carbonyl (C=O) groups is 1. The van der Waals surface area contributed by atoms with Crippen LogP contribution in [0.4, 0.5) is 11.6 Å². The molecule has 1 amide bonds. The second kappa shape index (κ2) is 6.81. The van der Waals surface area contributed by atoms with E-state index >= 15 is 0 Å². The number of benzene rings is 2. The van der Waals surface area contributed by atoms with Gasteiger partial charge in [-0.25, -0.2) is 9.97 Å². The van der Waals surface area contributed by atoms with Crippen molar-refractivity contribution in [3.63, 3.8) is 0 Å². The van der Waals surface area contributed by atoms with Crippen molar-refractivity contribution in [3.8, 4) is 11.5 Å². The number of primary amides is 1. The van der Waals surface area contributed by atoms with Crippen LogP contribution in [-0.4, -0.2) is 29.2 Å². The molecule has 9 heteroatoms. The summed E-state index contributed by atoms with van der Waals surface area (Å²) in [6.45, 7) is 0.136. The van der Waals surface area contributed by atoms with Crippen LogP contribution >= 0.6 is 11.6 Å². The number of fused-ring (bicyclic) bond motifs is 2. The van der Waals surface area contributed by atoms with Crippen LogP contribution in [-0.2, 0) is 11.2 Å². The van der Waals surface area contributed by atoms with Gasteiger partial charge in [-0.3, -0.25) is 4.79 Å². The summed E-state index contributed by atoms with van der Waals surface area (Å²) in [6, 6.07) is 9.11. The molecule has 5 N–H and O–H groups in total. The molecule has 0 atom stereocenters. The van der Waals surface area contributed by atoms with Crippen molar-refractivity contribution in [2.24, 2.45) is 5.73 Å². The van der Waals surface area contributed by atoms with Gasteiger partial charge >= 0.3 is 0 Å². The molecular formula is C18H16ClN5O3. The molecule has 0 spiro atoms. The van der Waals surface area contributed by atoms with Gasteiger partial charge in [0.2, 0.25) is 18.6 Å². The van der Waals surface area contributed by atoms with Gasteiger partial charge < -0.3 is 26.3 Å². The van der Waals surface area contributed by atoms with E-state index in [-0.39, 0.29) is 13.3 Å². The molecule has 27 heavy (non-hydrogen) atoms. The van der Waals surface area contributed by atoms with Gasteiger partial charge in [-0.1, -0.05) is 17.7 Å². The van der Waals surface area contributed by atoms with Gasteiger partial charge in [0.05, 0.1) is 28.5 Å². The van der Waals surface area contributed by atoms with Crippen LogP contribution in [0.3, 0.4) is 0 Å². The van der Waals surface area contributed by atoms with Crippen molar-refractivity contribution in [1.29, 1.82) is 0 Å². The van der Waals surface area contributed by atoms with Gasteiger partial charge in [0.1, 0.15) is 0 Å². The Morgan fingerprint density at radius 2 is 2.00 bits per heavy atom. The minimum atomic E-state index is -0.508. The number of carbonyl (C=O) groups excluding carboxylic acids is 1. The Balaban J connectivity index is 1.78. The van der Waals surface area contributed by atoms with Crippen molar-refractivity contribution in [2.75, 3.05) is 24.4 Å². The normalized spacial score (nSPS) is 12.3. The van der Waals surface area contributed by atoms with Gasteiger partial charge in [0, 0.05) is 11.8 Å². The van der Waals surface area contributed by atoms with Gasteiger partial charge in [0.15, 0.2) is 11.5 Å². The molecule has 0 saturated heterocycles. The van der Waals surface area contributed by atoms with Crippen molar-refractivity contribution in [1.82, 2.24) is 9.97 Å². The average molecular weight is 386 g/mol. The smallest absolute Gasteiger partial charge is 0.236 e. The maximum atomic E-state index is 11.1. The fourth-order valence-corrected chi connectivity index (χ4v) is 3.08. The Morgan fingerprint density at radius 1 is 1.19 bits per heavy atom. The molecule has 0 aliphatic carbocycles. The number of nitrogen functional groups attached to an aromatic ring is 1. The first kappa shape index (κ1) is 17.2. The SMILES string of the molecule is NC(=O)CNc1nc(Cc2ccc3c(c2)OCO3)c2c(N)c(Cl)ccc2n1. The largest absolute Gasteiger partial charge is 0.454 e. The van der Waals surface area contributed by atoms with Crippen molar-refractivity contribution in [2.45, 2.75) is 6.42 Å². The number of hydrogen-bond donors (Lipinski definition) is 3. The van der Waals surface area contributed by atoms with E-state index < -0.39 is 5.91 Å². The molecule has 8 nitrogen and oxygen atoms in total. The summed E-state index contributed by atoms with van der Waals surface area (Å²) in [7, 11) is 0. The molecule has 2 aromatic carbocycles. The summed E-state index contributed by atoms with van der Waals surface area (Å²) in [5.41, 5.74) is 14.0. The Kier molecular flexibility index (Phi) is 4.33. The Morgan fingerprint density at radius 3 is 2.81 bits per heavy atom. The molecule has 0 fully saturated rings. The fourth-order valence-electron chi connectivity index (χ4n) is 2.92. The van der Waals surface area contributed by atoms with Crippen LogP contribution in [0.25, 0.3) is 10.9 Å². The van der Waals surface area contributed by atoms with E-state index in [1.807, 2.05) is 18.2 Å². The zero-order valence-corrected chi connectivity index (χ0v) is 14.9. The van der Waals surface area contributed by atoms with E-state index in [1.54, 1.807) is 12.1 Å². The van der Waals surface area contributed by atoms with E-state index in [0.717, 1.165) is 5.56 Å². The highest BCUT2D eigenvalue weighted by atomic mass is 35.5. The average Bonchev–Trinajstić information content (AvgIpc) is 3.10. The molecule has 0 saturated carbocycles. The van der Waals surface area contributed by atoms with Crippen molar-refractivity contribution >= 4 is 40.0 Å². The first-order valence-electron chi connectivity index (χ1n) is 8.16. The summed E-state index contributed by atoms with van der Waals surface area (Å²) >= 11 is 6.19. The molecule has 0 radical (unpaired) electrons. The first-order valence-corrected chi connectivity index (χ1v) is 8.54. The van der Waals surface area contributed by atoms with Gasteiger partial charge in [0.25, 0.3) is 0 Å². The number of halogens is 1. The van der Waals surface area contributed by atoms with Crippen molar-refractivity contribution < 1.29 is 14.3 Å². The molecule has 0 bridgehead atoms. The molecule has 138 valence electrons. The van der Waals surface area contributed by atoms with Crippen LogP contribution in [0.5, 0.6) is 11.5 Å². The van der Waals surface area contributed by atoms with Crippen molar-refractivity contribution in [3.05, 3.63) is 46.6 Å². The zero-order valence-electron chi connectivity index (χ0n) is 14.2. The summed E-state index contributed by atoms with van der Waals surface area (Å²) in [5.74, 6) is 1.17. The molecule has 3 aromatic rings. The number of nitrogens with zero attached hydrogens (tertiary/aromatic N) is 2. The number of aromatic nitrogens is 2.